The normalized spacial score (nSPS) is 27.5. The Morgan fingerprint density at radius 3 is 2.95 bits per heavy atom. The standard InChI is InChI=1S/C14H21N5O3/c1-7-11-12(19(3)8(2)13(21)17-11)18-14(15-7)16-9-4-10(5-20)22-6-9/h8-10,20H,4-6H2,1-3H3,(H,17,21)(H,15,16,18)/t8-,9-,10+/m0/s1. The van der Waals surface area contributed by atoms with Crippen LogP contribution in [0.15, 0.2) is 0 Å². The van der Waals surface area contributed by atoms with Gasteiger partial charge in [0.2, 0.25) is 11.9 Å². The number of hydrogen-bond acceptors (Lipinski definition) is 7. The van der Waals surface area contributed by atoms with Crippen LogP contribution in [0, 0.1) is 6.92 Å². The molecule has 1 aromatic heterocycles. The highest BCUT2D eigenvalue weighted by Crippen LogP contribution is 2.32. The van der Waals surface area contributed by atoms with E-state index in [0.29, 0.717) is 24.1 Å². The maximum absolute atomic E-state index is 11.9. The molecule has 1 saturated heterocycles. The Morgan fingerprint density at radius 1 is 1.50 bits per heavy atom. The second-order valence-electron chi connectivity index (χ2n) is 5.82. The van der Waals surface area contributed by atoms with E-state index in [2.05, 4.69) is 20.6 Å². The summed E-state index contributed by atoms with van der Waals surface area (Å²) in [6, 6.07) is -0.196. The largest absolute Gasteiger partial charge is 0.394 e. The third kappa shape index (κ3) is 2.59. The Labute approximate surface area is 128 Å². The van der Waals surface area contributed by atoms with Crippen molar-refractivity contribution < 1.29 is 14.6 Å². The smallest absolute Gasteiger partial charge is 0.246 e. The fourth-order valence-electron chi connectivity index (χ4n) is 2.73. The predicted molar refractivity (Wildman–Crippen MR) is 82.1 cm³/mol. The molecule has 120 valence electrons. The van der Waals surface area contributed by atoms with E-state index in [1.54, 1.807) is 0 Å². The number of hydrogen-bond donors (Lipinski definition) is 3. The van der Waals surface area contributed by atoms with Crippen molar-refractivity contribution in [3.05, 3.63) is 5.69 Å². The van der Waals surface area contributed by atoms with E-state index in [-0.39, 0.29) is 30.7 Å². The summed E-state index contributed by atoms with van der Waals surface area (Å²) in [5, 5.41) is 15.2. The molecule has 8 nitrogen and oxygen atoms in total. The number of aromatic nitrogens is 2. The maximum atomic E-state index is 11.9. The number of rotatable bonds is 3. The zero-order chi connectivity index (χ0) is 15.9. The zero-order valence-corrected chi connectivity index (χ0v) is 13.0. The number of anilines is 3. The van der Waals surface area contributed by atoms with Crippen molar-refractivity contribution in [3.8, 4) is 0 Å². The van der Waals surface area contributed by atoms with Gasteiger partial charge in [0.15, 0.2) is 5.82 Å². The average molecular weight is 307 g/mol. The van der Waals surface area contributed by atoms with Gasteiger partial charge in [0, 0.05) is 7.05 Å². The van der Waals surface area contributed by atoms with Gasteiger partial charge in [-0.3, -0.25) is 4.79 Å². The van der Waals surface area contributed by atoms with Crippen molar-refractivity contribution >= 4 is 23.4 Å². The van der Waals surface area contributed by atoms with Gasteiger partial charge in [-0.2, -0.15) is 4.98 Å². The molecule has 2 aliphatic rings. The van der Waals surface area contributed by atoms with E-state index in [1.807, 2.05) is 25.8 Å². The molecule has 8 heteroatoms. The fraction of sp³-hybridized carbons (Fsp3) is 0.643. The lowest BCUT2D eigenvalue weighted by atomic mass is 10.1. The van der Waals surface area contributed by atoms with E-state index >= 15 is 0 Å². The van der Waals surface area contributed by atoms with E-state index in [4.69, 9.17) is 9.84 Å². The first-order chi connectivity index (χ1) is 10.5. The molecule has 3 rings (SSSR count). The topological polar surface area (TPSA) is 99.6 Å². The second-order valence-corrected chi connectivity index (χ2v) is 5.82. The molecule has 1 amide bonds. The summed E-state index contributed by atoms with van der Waals surface area (Å²) in [5.41, 5.74) is 1.38. The highest BCUT2D eigenvalue weighted by molar-refractivity contribution is 6.03. The lowest BCUT2D eigenvalue weighted by molar-refractivity contribution is -0.117. The van der Waals surface area contributed by atoms with Crippen LogP contribution in [0.25, 0.3) is 0 Å². The number of aryl methyl sites for hydroxylation is 1. The monoisotopic (exact) mass is 307 g/mol. The lowest BCUT2D eigenvalue weighted by Gasteiger charge is -2.32. The molecule has 0 bridgehead atoms. The number of aliphatic hydroxyl groups is 1. The van der Waals surface area contributed by atoms with Crippen LogP contribution in [0.3, 0.4) is 0 Å². The van der Waals surface area contributed by atoms with Crippen molar-refractivity contribution in [3.63, 3.8) is 0 Å². The van der Waals surface area contributed by atoms with Crippen LogP contribution in [0.4, 0.5) is 17.5 Å². The molecule has 1 fully saturated rings. The first-order valence-electron chi connectivity index (χ1n) is 7.41. The van der Waals surface area contributed by atoms with E-state index in [9.17, 15) is 4.79 Å². The molecule has 0 unspecified atom stereocenters. The zero-order valence-electron chi connectivity index (χ0n) is 13.0. The molecule has 2 aliphatic heterocycles. The summed E-state index contributed by atoms with van der Waals surface area (Å²) >= 11 is 0. The summed E-state index contributed by atoms with van der Waals surface area (Å²) in [4.78, 5) is 22.7. The van der Waals surface area contributed by atoms with Crippen molar-refractivity contribution in [2.45, 2.75) is 38.5 Å². The highest BCUT2D eigenvalue weighted by atomic mass is 16.5. The first-order valence-corrected chi connectivity index (χ1v) is 7.41. The molecule has 0 radical (unpaired) electrons. The molecule has 3 heterocycles. The van der Waals surface area contributed by atoms with Crippen molar-refractivity contribution in [2.24, 2.45) is 0 Å². The van der Waals surface area contributed by atoms with Crippen molar-refractivity contribution in [2.75, 3.05) is 35.8 Å². The molecule has 22 heavy (non-hydrogen) atoms. The van der Waals surface area contributed by atoms with Gasteiger partial charge >= 0.3 is 0 Å². The molecule has 3 atom stereocenters. The first kappa shape index (κ1) is 15.0. The van der Waals surface area contributed by atoms with Gasteiger partial charge in [0.05, 0.1) is 31.1 Å². The number of ether oxygens (including phenoxy) is 1. The van der Waals surface area contributed by atoms with Gasteiger partial charge in [-0.25, -0.2) is 4.98 Å². The van der Waals surface area contributed by atoms with E-state index in [0.717, 1.165) is 12.1 Å². The molecule has 0 aliphatic carbocycles. The van der Waals surface area contributed by atoms with Gasteiger partial charge in [-0.1, -0.05) is 0 Å². The van der Waals surface area contributed by atoms with Gasteiger partial charge < -0.3 is 25.4 Å². The van der Waals surface area contributed by atoms with Crippen LogP contribution in [-0.2, 0) is 9.53 Å². The number of nitrogens with one attached hydrogen (secondary N) is 2. The third-order valence-corrected chi connectivity index (χ3v) is 4.23. The van der Waals surface area contributed by atoms with Crippen molar-refractivity contribution in [1.29, 1.82) is 0 Å². The van der Waals surface area contributed by atoms with Crippen LogP contribution < -0.4 is 15.5 Å². The van der Waals surface area contributed by atoms with Gasteiger partial charge in [0.25, 0.3) is 0 Å². The number of nitrogens with zero attached hydrogens (tertiary/aromatic N) is 3. The van der Waals surface area contributed by atoms with E-state index < -0.39 is 0 Å². The lowest BCUT2D eigenvalue weighted by Crippen LogP contribution is -2.45. The summed E-state index contributed by atoms with van der Waals surface area (Å²) in [6.45, 7) is 4.22. The fourth-order valence-corrected chi connectivity index (χ4v) is 2.73. The summed E-state index contributed by atoms with van der Waals surface area (Å²) in [7, 11) is 1.85. The van der Waals surface area contributed by atoms with Gasteiger partial charge in [-0.15, -0.1) is 0 Å². The molecule has 0 aromatic carbocycles. The number of fused-ring (bicyclic) bond motifs is 1. The van der Waals surface area contributed by atoms with Crippen LogP contribution in [0.2, 0.25) is 0 Å². The van der Waals surface area contributed by atoms with E-state index in [1.165, 1.54) is 0 Å². The van der Waals surface area contributed by atoms with Crippen LogP contribution in [0.1, 0.15) is 19.0 Å². The summed E-state index contributed by atoms with van der Waals surface area (Å²) < 4.78 is 5.45. The number of likely N-dealkylation sites (N-methyl/N-ethyl adjacent to an activating group) is 1. The Hall–Kier alpha value is -1.93. The minimum atomic E-state index is -0.275. The highest BCUT2D eigenvalue weighted by Gasteiger charge is 2.31. The molecule has 3 N–H and O–H groups in total. The SMILES string of the molecule is Cc1nc(N[C@@H]2CO[C@@H](CO)C2)nc2c1NC(=O)[C@H](C)N2C. The van der Waals surface area contributed by atoms with Crippen LogP contribution in [0.5, 0.6) is 0 Å². The Morgan fingerprint density at radius 2 is 2.27 bits per heavy atom. The summed E-state index contributed by atoms with van der Waals surface area (Å²) in [6.07, 6.45) is 0.595. The van der Waals surface area contributed by atoms with Crippen LogP contribution in [-0.4, -0.2) is 59.4 Å². The minimum absolute atomic E-state index is 0.0224. The Balaban J connectivity index is 1.83. The molecular formula is C14H21N5O3. The molecule has 0 saturated carbocycles. The number of aliphatic hydroxyl groups excluding tert-OH is 1. The Bertz CT molecular complexity index is 594. The van der Waals surface area contributed by atoms with Gasteiger partial charge in [-0.05, 0) is 20.3 Å². The quantitative estimate of drug-likeness (QED) is 0.729. The minimum Gasteiger partial charge on any atom is -0.394 e. The number of amides is 1. The molecule has 0 spiro atoms. The average Bonchev–Trinajstić information content (AvgIpc) is 2.94. The predicted octanol–water partition coefficient (Wildman–Crippen LogP) is 0.124. The Kier molecular flexibility index (Phi) is 3.88. The number of carbonyl (C=O) groups is 1. The number of carbonyl (C=O) groups excluding carboxylic acids is 1. The third-order valence-electron chi connectivity index (χ3n) is 4.23. The van der Waals surface area contributed by atoms with Crippen LogP contribution >= 0.6 is 0 Å². The van der Waals surface area contributed by atoms with Gasteiger partial charge in [0.1, 0.15) is 11.7 Å². The molecular weight excluding hydrogens is 286 g/mol. The molecule has 1 aromatic rings. The summed E-state index contributed by atoms with van der Waals surface area (Å²) in [5.74, 6) is 1.16. The van der Waals surface area contributed by atoms with Crippen molar-refractivity contribution in [1.82, 2.24) is 9.97 Å². The second kappa shape index (κ2) is 5.69. The maximum Gasteiger partial charge on any atom is 0.246 e.